The summed E-state index contributed by atoms with van der Waals surface area (Å²) in [5.74, 6) is 1.51. The molecule has 0 bridgehead atoms. The number of likely N-dealkylation sites (tertiary alicyclic amines) is 1. The van der Waals surface area contributed by atoms with Crippen molar-refractivity contribution in [2.24, 2.45) is 0 Å². The highest BCUT2D eigenvalue weighted by atomic mass is 16.5. The molecule has 0 aliphatic carbocycles. The van der Waals surface area contributed by atoms with Crippen LogP contribution in [0.1, 0.15) is 34.3 Å². The SMILES string of the molecule is COc1ccccc1/C=C/C=C1\Oc2c(ccc(O)c2CN2CCCC2)C1=O. The number of rotatable bonds is 5. The predicted octanol–water partition coefficient (Wildman–Crippen LogP) is 4.17. The number of ketones is 1. The molecule has 0 spiro atoms. The number of aromatic hydroxyl groups is 1. The number of para-hydroxylation sites is 1. The summed E-state index contributed by atoms with van der Waals surface area (Å²) < 4.78 is 11.2. The number of allylic oxidation sites excluding steroid dienone is 3. The lowest BCUT2D eigenvalue weighted by Crippen LogP contribution is -2.18. The first-order chi connectivity index (χ1) is 13.7. The molecule has 2 heterocycles. The van der Waals surface area contributed by atoms with Crippen LogP contribution >= 0.6 is 0 Å². The molecule has 1 fully saturated rings. The van der Waals surface area contributed by atoms with Crippen LogP contribution in [0.4, 0.5) is 0 Å². The van der Waals surface area contributed by atoms with Gasteiger partial charge in [-0.3, -0.25) is 9.69 Å². The maximum atomic E-state index is 12.7. The average molecular weight is 377 g/mol. The van der Waals surface area contributed by atoms with Gasteiger partial charge in [-0.25, -0.2) is 0 Å². The van der Waals surface area contributed by atoms with Crippen molar-refractivity contribution in [1.29, 1.82) is 0 Å². The van der Waals surface area contributed by atoms with E-state index in [-0.39, 0.29) is 17.3 Å². The summed E-state index contributed by atoms with van der Waals surface area (Å²) in [5.41, 5.74) is 2.10. The number of Topliss-reactive ketones (excluding diaryl/α,β-unsaturated/α-hetero) is 1. The zero-order valence-corrected chi connectivity index (χ0v) is 15.9. The van der Waals surface area contributed by atoms with Gasteiger partial charge in [0.2, 0.25) is 5.78 Å². The molecule has 0 radical (unpaired) electrons. The van der Waals surface area contributed by atoms with Crippen molar-refractivity contribution >= 4 is 11.9 Å². The zero-order chi connectivity index (χ0) is 19.5. The lowest BCUT2D eigenvalue weighted by Gasteiger charge is -2.17. The first kappa shape index (κ1) is 18.3. The number of hydrogen-bond acceptors (Lipinski definition) is 5. The quantitative estimate of drug-likeness (QED) is 0.793. The molecule has 144 valence electrons. The van der Waals surface area contributed by atoms with E-state index in [2.05, 4.69) is 4.90 Å². The molecule has 2 aromatic carbocycles. The fraction of sp³-hybridized carbons (Fsp3) is 0.261. The molecule has 2 aromatic rings. The Balaban J connectivity index is 1.58. The second kappa shape index (κ2) is 7.90. The number of ether oxygens (including phenoxy) is 2. The standard InChI is InChI=1S/C23H23NO4/c1-27-20-9-3-2-7-16(20)8-6-10-21-22(26)17-11-12-19(25)18(23(17)28-21)15-24-13-4-5-14-24/h2-3,6-12,25H,4-5,13-15H2,1H3/b8-6+,21-10-. The molecule has 2 aliphatic rings. The van der Waals surface area contributed by atoms with Gasteiger partial charge in [-0.1, -0.05) is 30.4 Å². The zero-order valence-electron chi connectivity index (χ0n) is 15.9. The Kier molecular flexibility index (Phi) is 5.17. The normalized spacial score (nSPS) is 18.0. The predicted molar refractivity (Wildman–Crippen MR) is 108 cm³/mol. The van der Waals surface area contributed by atoms with E-state index < -0.39 is 0 Å². The summed E-state index contributed by atoms with van der Waals surface area (Å²) in [7, 11) is 1.62. The van der Waals surface area contributed by atoms with Gasteiger partial charge >= 0.3 is 0 Å². The van der Waals surface area contributed by atoms with E-state index in [0.29, 0.717) is 23.4 Å². The fourth-order valence-corrected chi connectivity index (χ4v) is 3.67. The number of phenolic OH excluding ortho intramolecular Hbond substituents is 1. The number of carbonyl (C=O) groups excluding carboxylic acids is 1. The number of benzene rings is 2. The molecule has 0 unspecified atom stereocenters. The first-order valence-corrected chi connectivity index (χ1v) is 9.48. The van der Waals surface area contributed by atoms with E-state index >= 15 is 0 Å². The number of fused-ring (bicyclic) bond motifs is 1. The van der Waals surface area contributed by atoms with E-state index in [1.807, 2.05) is 30.3 Å². The van der Waals surface area contributed by atoms with Crippen LogP contribution in [0, 0.1) is 0 Å². The van der Waals surface area contributed by atoms with Crippen LogP contribution < -0.4 is 9.47 Å². The average Bonchev–Trinajstić information content (AvgIpc) is 3.33. The fourth-order valence-electron chi connectivity index (χ4n) is 3.67. The number of hydrogen-bond donors (Lipinski definition) is 1. The van der Waals surface area contributed by atoms with Crippen molar-refractivity contribution in [2.45, 2.75) is 19.4 Å². The minimum absolute atomic E-state index is 0.164. The topological polar surface area (TPSA) is 59.0 Å². The van der Waals surface area contributed by atoms with Gasteiger partial charge < -0.3 is 14.6 Å². The van der Waals surface area contributed by atoms with Crippen molar-refractivity contribution in [3.63, 3.8) is 0 Å². The van der Waals surface area contributed by atoms with Crippen LogP contribution in [0.15, 0.2) is 54.3 Å². The van der Waals surface area contributed by atoms with Crippen molar-refractivity contribution in [1.82, 2.24) is 4.90 Å². The van der Waals surface area contributed by atoms with Crippen molar-refractivity contribution in [2.75, 3.05) is 20.2 Å². The number of methoxy groups -OCH3 is 1. The Morgan fingerprint density at radius 1 is 1.18 bits per heavy atom. The molecule has 0 aromatic heterocycles. The lowest BCUT2D eigenvalue weighted by atomic mass is 10.0. The van der Waals surface area contributed by atoms with Crippen LogP contribution in [0.3, 0.4) is 0 Å². The number of nitrogens with zero attached hydrogens (tertiary/aromatic N) is 1. The molecular formula is C23H23NO4. The summed E-state index contributed by atoms with van der Waals surface area (Å²) in [6.07, 6.45) is 7.62. The number of phenols is 1. The van der Waals surface area contributed by atoms with Gasteiger partial charge in [-0.2, -0.15) is 0 Å². The Hall–Kier alpha value is -3.05. The highest BCUT2D eigenvalue weighted by Crippen LogP contribution is 2.40. The Bertz CT molecular complexity index is 955. The summed E-state index contributed by atoms with van der Waals surface area (Å²) in [5, 5.41) is 10.3. The van der Waals surface area contributed by atoms with Gasteiger partial charge in [-0.05, 0) is 50.2 Å². The van der Waals surface area contributed by atoms with Crippen LogP contribution in [0.5, 0.6) is 17.2 Å². The lowest BCUT2D eigenvalue weighted by molar-refractivity contribution is 0.101. The van der Waals surface area contributed by atoms with E-state index in [1.54, 1.807) is 31.4 Å². The maximum Gasteiger partial charge on any atom is 0.231 e. The summed E-state index contributed by atoms with van der Waals surface area (Å²) in [6, 6.07) is 10.9. The third kappa shape index (κ3) is 3.53. The summed E-state index contributed by atoms with van der Waals surface area (Å²) in [4.78, 5) is 15.0. The Labute approximate surface area is 164 Å². The first-order valence-electron chi connectivity index (χ1n) is 9.48. The molecule has 1 saturated heterocycles. The van der Waals surface area contributed by atoms with Gasteiger partial charge in [0.05, 0.1) is 18.2 Å². The van der Waals surface area contributed by atoms with E-state index in [4.69, 9.17) is 9.47 Å². The number of carbonyl (C=O) groups is 1. The largest absolute Gasteiger partial charge is 0.507 e. The maximum absolute atomic E-state index is 12.7. The van der Waals surface area contributed by atoms with Gasteiger partial charge in [0, 0.05) is 12.1 Å². The second-order valence-corrected chi connectivity index (χ2v) is 6.99. The minimum Gasteiger partial charge on any atom is -0.507 e. The molecular weight excluding hydrogens is 354 g/mol. The molecule has 28 heavy (non-hydrogen) atoms. The van der Waals surface area contributed by atoms with Crippen LogP contribution in [0.25, 0.3) is 6.08 Å². The minimum atomic E-state index is -0.164. The Morgan fingerprint density at radius 3 is 2.75 bits per heavy atom. The monoisotopic (exact) mass is 377 g/mol. The van der Waals surface area contributed by atoms with Crippen molar-refractivity contribution in [3.8, 4) is 17.2 Å². The highest BCUT2D eigenvalue weighted by Gasteiger charge is 2.31. The third-order valence-corrected chi connectivity index (χ3v) is 5.16. The molecule has 1 N–H and O–H groups in total. The van der Waals surface area contributed by atoms with Crippen molar-refractivity contribution < 1.29 is 19.4 Å². The molecule has 2 aliphatic heterocycles. The van der Waals surface area contributed by atoms with E-state index in [9.17, 15) is 9.90 Å². The van der Waals surface area contributed by atoms with Crippen LogP contribution in [-0.2, 0) is 6.54 Å². The van der Waals surface area contributed by atoms with Gasteiger partial charge in [0.1, 0.15) is 17.2 Å². The highest BCUT2D eigenvalue weighted by molar-refractivity contribution is 6.12. The molecule has 0 atom stereocenters. The van der Waals surface area contributed by atoms with Crippen LogP contribution in [0.2, 0.25) is 0 Å². The van der Waals surface area contributed by atoms with Crippen molar-refractivity contribution in [3.05, 3.63) is 71.0 Å². The van der Waals surface area contributed by atoms with Crippen LogP contribution in [-0.4, -0.2) is 36.0 Å². The van der Waals surface area contributed by atoms with E-state index in [1.165, 1.54) is 0 Å². The third-order valence-electron chi connectivity index (χ3n) is 5.16. The summed E-state index contributed by atoms with van der Waals surface area (Å²) >= 11 is 0. The van der Waals surface area contributed by atoms with Gasteiger partial charge in [0.15, 0.2) is 5.76 Å². The smallest absolute Gasteiger partial charge is 0.231 e. The molecule has 0 amide bonds. The Morgan fingerprint density at radius 2 is 1.96 bits per heavy atom. The van der Waals surface area contributed by atoms with Gasteiger partial charge in [0.25, 0.3) is 0 Å². The van der Waals surface area contributed by atoms with E-state index in [0.717, 1.165) is 37.2 Å². The van der Waals surface area contributed by atoms with Gasteiger partial charge in [-0.15, -0.1) is 0 Å². The molecule has 5 nitrogen and oxygen atoms in total. The molecule has 4 rings (SSSR count). The second-order valence-electron chi connectivity index (χ2n) is 6.99. The molecule has 0 saturated carbocycles. The summed E-state index contributed by atoms with van der Waals surface area (Å²) in [6.45, 7) is 2.59. The molecule has 5 heteroatoms.